The smallest absolute Gasteiger partial charge is 0.234 e. The van der Waals surface area contributed by atoms with Crippen molar-refractivity contribution in [3.63, 3.8) is 0 Å². The number of likely N-dealkylation sites (N-methyl/N-ethyl adjacent to an activating group) is 1. The summed E-state index contributed by atoms with van der Waals surface area (Å²) in [5.41, 5.74) is 0.933. The fourth-order valence-electron chi connectivity index (χ4n) is 1.67. The third-order valence-corrected chi connectivity index (χ3v) is 2.72. The van der Waals surface area contributed by atoms with Crippen LogP contribution < -0.4 is 10.1 Å². The summed E-state index contributed by atoms with van der Waals surface area (Å²) in [4.78, 5) is 13.4. The van der Waals surface area contributed by atoms with Crippen molar-refractivity contribution < 1.29 is 9.53 Å². The van der Waals surface area contributed by atoms with Gasteiger partial charge in [0.25, 0.3) is 0 Å². The summed E-state index contributed by atoms with van der Waals surface area (Å²) in [6, 6.07) is 5.41. The summed E-state index contributed by atoms with van der Waals surface area (Å²) >= 11 is 5.96. The van der Waals surface area contributed by atoms with Crippen LogP contribution in [-0.2, 0) is 11.3 Å². The van der Waals surface area contributed by atoms with Crippen molar-refractivity contribution in [3.05, 3.63) is 28.8 Å². The highest BCUT2D eigenvalue weighted by Gasteiger charge is 2.10. The quantitative estimate of drug-likeness (QED) is 0.804. The molecule has 0 fully saturated rings. The molecular formula is C14H17ClN2O2. The first-order valence-electron chi connectivity index (χ1n) is 5.78. The molecule has 0 radical (unpaired) electrons. The van der Waals surface area contributed by atoms with Gasteiger partial charge >= 0.3 is 0 Å². The summed E-state index contributed by atoms with van der Waals surface area (Å²) in [7, 11) is 3.45. The molecular weight excluding hydrogens is 264 g/mol. The molecule has 1 aromatic rings. The Labute approximate surface area is 118 Å². The molecule has 102 valence electrons. The van der Waals surface area contributed by atoms with Gasteiger partial charge in [-0.3, -0.25) is 9.69 Å². The number of carbonyl (C=O) groups is 1. The lowest BCUT2D eigenvalue weighted by atomic mass is 10.2. The molecule has 0 aromatic heterocycles. The zero-order valence-corrected chi connectivity index (χ0v) is 11.8. The van der Waals surface area contributed by atoms with Gasteiger partial charge in [-0.1, -0.05) is 17.5 Å². The highest BCUT2D eigenvalue weighted by atomic mass is 35.5. The lowest BCUT2D eigenvalue weighted by Gasteiger charge is -2.18. The number of ether oxygens (including phenoxy) is 1. The summed E-state index contributed by atoms with van der Waals surface area (Å²) in [5, 5.41) is 3.25. The van der Waals surface area contributed by atoms with Crippen LogP contribution in [0.3, 0.4) is 0 Å². The summed E-state index contributed by atoms with van der Waals surface area (Å²) < 4.78 is 5.26. The molecule has 1 aromatic carbocycles. The lowest BCUT2D eigenvalue weighted by Crippen LogP contribution is -2.35. The number of benzene rings is 1. The number of methoxy groups -OCH3 is 1. The molecule has 1 rings (SSSR count). The molecule has 0 aliphatic heterocycles. The molecule has 0 saturated carbocycles. The van der Waals surface area contributed by atoms with Crippen LogP contribution in [0, 0.1) is 12.3 Å². The van der Waals surface area contributed by atoms with E-state index < -0.39 is 0 Å². The van der Waals surface area contributed by atoms with E-state index in [1.165, 1.54) is 0 Å². The zero-order valence-electron chi connectivity index (χ0n) is 11.1. The maximum absolute atomic E-state index is 11.5. The largest absolute Gasteiger partial charge is 0.496 e. The van der Waals surface area contributed by atoms with Crippen LogP contribution in [0.25, 0.3) is 0 Å². The molecule has 0 atom stereocenters. The Hall–Kier alpha value is -1.70. The van der Waals surface area contributed by atoms with Crippen molar-refractivity contribution in [2.45, 2.75) is 6.54 Å². The van der Waals surface area contributed by atoms with Crippen LogP contribution in [0.5, 0.6) is 5.75 Å². The van der Waals surface area contributed by atoms with Crippen LogP contribution in [-0.4, -0.2) is 38.1 Å². The number of amides is 1. The van der Waals surface area contributed by atoms with E-state index in [-0.39, 0.29) is 19.0 Å². The van der Waals surface area contributed by atoms with Crippen LogP contribution in [0.15, 0.2) is 18.2 Å². The fraction of sp³-hybridized carbons (Fsp3) is 0.357. The van der Waals surface area contributed by atoms with Crippen molar-refractivity contribution in [2.24, 2.45) is 0 Å². The van der Waals surface area contributed by atoms with Gasteiger partial charge in [0, 0.05) is 17.1 Å². The van der Waals surface area contributed by atoms with E-state index in [2.05, 4.69) is 11.2 Å². The SMILES string of the molecule is C#CCNC(=O)CN(C)Cc1cc(Cl)ccc1OC. The summed E-state index contributed by atoms with van der Waals surface area (Å²) in [6.45, 7) is 1.07. The Balaban J connectivity index is 2.61. The van der Waals surface area contributed by atoms with Crippen LogP contribution in [0.1, 0.15) is 5.56 Å². The predicted molar refractivity (Wildman–Crippen MR) is 76.2 cm³/mol. The summed E-state index contributed by atoms with van der Waals surface area (Å²) in [6.07, 6.45) is 5.08. The standard InChI is InChI=1S/C14H17ClN2O2/c1-4-7-16-14(18)10-17(2)9-11-8-12(15)5-6-13(11)19-3/h1,5-6,8H,7,9-10H2,2-3H3,(H,16,18). The molecule has 0 aliphatic carbocycles. The van der Waals surface area contributed by atoms with E-state index >= 15 is 0 Å². The van der Waals surface area contributed by atoms with Gasteiger partial charge in [0.1, 0.15) is 5.75 Å². The highest BCUT2D eigenvalue weighted by molar-refractivity contribution is 6.30. The maximum Gasteiger partial charge on any atom is 0.234 e. The second kappa shape index (κ2) is 7.67. The Morgan fingerprint density at radius 1 is 1.58 bits per heavy atom. The first-order chi connectivity index (χ1) is 9.06. The van der Waals surface area contributed by atoms with Crippen molar-refractivity contribution in [1.29, 1.82) is 0 Å². The molecule has 1 amide bonds. The Kier molecular flexibility index (Phi) is 6.20. The number of carbonyl (C=O) groups excluding carboxylic acids is 1. The highest BCUT2D eigenvalue weighted by Crippen LogP contribution is 2.23. The second-order valence-electron chi connectivity index (χ2n) is 4.11. The van der Waals surface area contributed by atoms with Crippen LogP contribution in [0.2, 0.25) is 5.02 Å². The first-order valence-corrected chi connectivity index (χ1v) is 6.15. The first kappa shape index (κ1) is 15.4. The summed E-state index contributed by atoms with van der Waals surface area (Å²) in [5.74, 6) is 3.00. The number of nitrogens with one attached hydrogen (secondary N) is 1. The minimum absolute atomic E-state index is 0.110. The van der Waals surface area contributed by atoms with E-state index in [9.17, 15) is 4.79 Å². The van der Waals surface area contributed by atoms with E-state index in [0.717, 1.165) is 11.3 Å². The molecule has 0 saturated heterocycles. The second-order valence-corrected chi connectivity index (χ2v) is 4.55. The third kappa shape index (κ3) is 5.21. The van der Waals surface area contributed by atoms with Crippen molar-refractivity contribution in [2.75, 3.05) is 27.2 Å². The van der Waals surface area contributed by atoms with E-state index in [1.807, 2.05) is 24.1 Å². The molecule has 0 unspecified atom stereocenters. The van der Waals surface area contributed by atoms with E-state index in [4.69, 9.17) is 22.8 Å². The van der Waals surface area contributed by atoms with Crippen LogP contribution >= 0.6 is 11.6 Å². The average Bonchev–Trinajstić information content (AvgIpc) is 2.36. The van der Waals surface area contributed by atoms with Crippen molar-refractivity contribution in [1.82, 2.24) is 10.2 Å². The lowest BCUT2D eigenvalue weighted by molar-refractivity contribution is -0.121. The third-order valence-electron chi connectivity index (χ3n) is 2.48. The van der Waals surface area contributed by atoms with E-state index in [1.54, 1.807) is 13.2 Å². The normalized spacial score (nSPS) is 10.1. The van der Waals surface area contributed by atoms with Gasteiger partial charge in [-0.15, -0.1) is 6.42 Å². The van der Waals surface area contributed by atoms with Gasteiger partial charge in [-0.2, -0.15) is 0 Å². The van der Waals surface area contributed by atoms with Gasteiger partial charge in [0.15, 0.2) is 0 Å². The van der Waals surface area contributed by atoms with Gasteiger partial charge in [-0.05, 0) is 25.2 Å². The Morgan fingerprint density at radius 3 is 2.95 bits per heavy atom. The monoisotopic (exact) mass is 280 g/mol. The maximum atomic E-state index is 11.5. The molecule has 1 N–H and O–H groups in total. The van der Waals surface area contributed by atoms with Gasteiger partial charge < -0.3 is 10.1 Å². The number of halogens is 1. The minimum atomic E-state index is -0.110. The van der Waals surface area contributed by atoms with Gasteiger partial charge in [-0.25, -0.2) is 0 Å². The van der Waals surface area contributed by atoms with E-state index in [0.29, 0.717) is 11.6 Å². The fourth-order valence-corrected chi connectivity index (χ4v) is 1.86. The molecule has 4 nitrogen and oxygen atoms in total. The predicted octanol–water partition coefficient (Wildman–Crippen LogP) is 1.53. The Morgan fingerprint density at radius 2 is 2.32 bits per heavy atom. The van der Waals surface area contributed by atoms with Gasteiger partial charge in [0.2, 0.25) is 5.91 Å². The van der Waals surface area contributed by atoms with Crippen LogP contribution in [0.4, 0.5) is 0 Å². The van der Waals surface area contributed by atoms with Gasteiger partial charge in [0.05, 0.1) is 20.2 Å². The molecule has 0 bridgehead atoms. The number of nitrogens with zero attached hydrogens (tertiary/aromatic N) is 1. The topological polar surface area (TPSA) is 41.6 Å². The minimum Gasteiger partial charge on any atom is -0.496 e. The molecule has 0 heterocycles. The number of hydrogen-bond acceptors (Lipinski definition) is 3. The number of rotatable bonds is 6. The number of terminal acetylenes is 1. The van der Waals surface area contributed by atoms with Crippen molar-refractivity contribution >= 4 is 17.5 Å². The number of hydrogen-bond donors (Lipinski definition) is 1. The molecule has 5 heteroatoms. The average molecular weight is 281 g/mol. The molecule has 0 spiro atoms. The Bertz CT molecular complexity index is 483. The zero-order chi connectivity index (χ0) is 14.3. The molecule has 19 heavy (non-hydrogen) atoms. The molecule has 0 aliphatic rings. The van der Waals surface area contributed by atoms with Crippen molar-refractivity contribution in [3.8, 4) is 18.1 Å².